The number of hydrogen-bond acceptors (Lipinski definition) is 1. The highest BCUT2D eigenvalue weighted by Crippen LogP contribution is 1.81. The van der Waals surface area contributed by atoms with E-state index in [0.29, 0.717) is 0 Å². The van der Waals surface area contributed by atoms with Crippen LogP contribution in [0.3, 0.4) is 0 Å². The molecule has 2 N–H and O–H groups in total. The first-order valence-electron chi connectivity index (χ1n) is 3.55. The number of carbonyl (C=O) groups excluding carboxylic acids is 1. The fraction of sp³-hybridized carbons (Fsp3) is 0.429. The second-order valence-corrected chi connectivity index (χ2v) is 2.38. The quantitative estimate of drug-likeness (QED) is 0.574. The molecule has 4 heteroatoms. The summed E-state index contributed by atoms with van der Waals surface area (Å²) in [7, 11) is 0. The Labute approximate surface area is 65.2 Å². The van der Waals surface area contributed by atoms with Gasteiger partial charge in [-0.3, -0.25) is 4.79 Å². The van der Waals surface area contributed by atoms with Gasteiger partial charge in [0.05, 0.1) is 6.54 Å². The number of aryl methyl sites for hydroxylation is 1. The van der Waals surface area contributed by atoms with Gasteiger partial charge in [0.25, 0.3) is 5.91 Å². The standard InChI is InChI=1S/C7H11N3O/c1-2-9-3-4-10(6-9)5-7(8)11/h3-4,6H,2,5H2,1H3,(H-,8,11)/p+1. The van der Waals surface area contributed by atoms with Crippen molar-refractivity contribution >= 4 is 5.91 Å². The fourth-order valence-electron chi connectivity index (χ4n) is 0.899. The molecule has 0 saturated heterocycles. The van der Waals surface area contributed by atoms with E-state index in [2.05, 4.69) is 0 Å². The maximum absolute atomic E-state index is 10.5. The minimum absolute atomic E-state index is 0.257. The van der Waals surface area contributed by atoms with E-state index in [4.69, 9.17) is 5.73 Å². The number of amides is 1. The van der Waals surface area contributed by atoms with Gasteiger partial charge in [-0.05, 0) is 6.92 Å². The van der Waals surface area contributed by atoms with E-state index in [1.54, 1.807) is 4.57 Å². The van der Waals surface area contributed by atoms with Crippen molar-refractivity contribution in [3.63, 3.8) is 0 Å². The van der Waals surface area contributed by atoms with Crippen LogP contribution in [-0.4, -0.2) is 10.5 Å². The zero-order valence-electron chi connectivity index (χ0n) is 6.53. The average molecular weight is 154 g/mol. The maximum atomic E-state index is 10.5. The monoisotopic (exact) mass is 154 g/mol. The molecule has 1 amide bonds. The van der Waals surface area contributed by atoms with Crippen LogP contribution in [-0.2, 0) is 17.9 Å². The highest BCUT2D eigenvalue weighted by Gasteiger charge is 2.03. The lowest BCUT2D eigenvalue weighted by Gasteiger charge is -1.88. The summed E-state index contributed by atoms with van der Waals surface area (Å²) in [6.45, 7) is 3.20. The zero-order chi connectivity index (χ0) is 8.27. The Balaban J connectivity index is 2.65. The minimum atomic E-state index is -0.316. The smallest absolute Gasteiger partial charge is 0.259 e. The summed E-state index contributed by atoms with van der Waals surface area (Å²) in [5.74, 6) is -0.316. The van der Waals surface area contributed by atoms with Crippen molar-refractivity contribution in [2.75, 3.05) is 0 Å². The molecular weight excluding hydrogens is 142 g/mol. The molecule has 0 radical (unpaired) electrons. The molecule has 60 valence electrons. The molecule has 0 unspecified atom stereocenters. The molecular formula is C7H12N3O+. The number of primary amides is 1. The van der Waals surface area contributed by atoms with E-state index in [0.717, 1.165) is 6.54 Å². The number of imidazole rings is 1. The number of aromatic nitrogens is 2. The van der Waals surface area contributed by atoms with Gasteiger partial charge in [0.1, 0.15) is 12.4 Å². The van der Waals surface area contributed by atoms with E-state index in [9.17, 15) is 4.79 Å². The van der Waals surface area contributed by atoms with Gasteiger partial charge in [0.15, 0.2) is 6.54 Å². The Kier molecular flexibility index (Phi) is 2.25. The fourth-order valence-corrected chi connectivity index (χ4v) is 0.899. The van der Waals surface area contributed by atoms with Crippen LogP contribution in [0.25, 0.3) is 0 Å². The van der Waals surface area contributed by atoms with Crippen LogP contribution in [0.2, 0.25) is 0 Å². The first kappa shape index (κ1) is 7.78. The average Bonchev–Trinajstić information content (AvgIpc) is 2.34. The van der Waals surface area contributed by atoms with Crippen molar-refractivity contribution in [1.29, 1.82) is 0 Å². The van der Waals surface area contributed by atoms with Gasteiger partial charge in [-0.1, -0.05) is 0 Å². The molecule has 4 nitrogen and oxygen atoms in total. The number of nitrogens with zero attached hydrogens (tertiary/aromatic N) is 2. The van der Waals surface area contributed by atoms with E-state index in [1.807, 2.05) is 30.2 Å². The molecule has 11 heavy (non-hydrogen) atoms. The molecule has 0 bridgehead atoms. The first-order chi connectivity index (χ1) is 5.22. The number of nitrogens with two attached hydrogens (primary N) is 1. The summed E-state index contributed by atoms with van der Waals surface area (Å²) in [5.41, 5.74) is 5.01. The van der Waals surface area contributed by atoms with Crippen molar-refractivity contribution in [2.24, 2.45) is 5.73 Å². The zero-order valence-corrected chi connectivity index (χ0v) is 6.53. The Bertz CT molecular complexity index is 254. The van der Waals surface area contributed by atoms with E-state index in [1.165, 1.54) is 0 Å². The molecule has 1 aromatic heterocycles. The Morgan fingerprint density at radius 2 is 2.45 bits per heavy atom. The molecule has 1 heterocycles. The third-order valence-corrected chi connectivity index (χ3v) is 1.45. The Morgan fingerprint density at radius 3 is 2.91 bits per heavy atom. The lowest BCUT2D eigenvalue weighted by Crippen LogP contribution is -2.38. The SMILES string of the molecule is CCn1cc[n+](CC(N)=O)c1. The largest absolute Gasteiger partial charge is 0.366 e. The van der Waals surface area contributed by atoms with Crippen molar-refractivity contribution in [2.45, 2.75) is 20.0 Å². The maximum Gasteiger partial charge on any atom is 0.259 e. The summed E-state index contributed by atoms with van der Waals surface area (Å²) >= 11 is 0. The van der Waals surface area contributed by atoms with Crippen LogP contribution in [0.1, 0.15) is 6.92 Å². The van der Waals surface area contributed by atoms with Crippen LogP contribution in [0.15, 0.2) is 18.7 Å². The molecule has 0 aliphatic heterocycles. The number of hydrogen-bond donors (Lipinski definition) is 1. The van der Waals surface area contributed by atoms with Crippen LogP contribution in [0.5, 0.6) is 0 Å². The van der Waals surface area contributed by atoms with Crippen LogP contribution >= 0.6 is 0 Å². The molecule has 1 rings (SSSR count). The summed E-state index contributed by atoms with van der Waals surface area (Å²) in [5, 5.41) is 0. The lowest BCUT2D eigenvalue weighted by molar-refractivity contribution is -0.683. The third-order valence-electron chi connectivity index (χ3n) is 1.45. The molecule has 0 fully saturated rings. The van der Waals surface area contributed by atoms with Gasteiger partial charge in [-0.25, -0.2) is 9.13 Å². The highest BCUT2D eigenvalue weighted by molar-refractivity contribution is 5.72. The van der Waals surface area contributed by atoms with Gasteiger partial charge in [0.2, 0.25) is 6.33 Å². The van der Waals surface area contributed by atoms with Crippen LogP contribution in [0, 0.1) is 0 Å². The summed E-state index contributed by atoms with van der Waals surface area (Å²) in [6, 6.07) is 0. The molecule has 0 aliphatic carbocycles. The highest BCUT2D eigenvalue weighted by atomic mass is 16.1. The predicted molar refractivity (Wildman–Crippen MR) is 39.5 cm³/mol. The van der Waals surface area contributed by atoms with Gasteiger partial charge in [-0.2, -0.15) is 0 Å². The predicted octanol–water partition coefficient (Wildman–Crippen LogP) is -0.719. The lowest BCUT2D eigenvalue weighted by atomic mass is 10.6. The molecule has 0 atom stereocenters. The Hall–Kier alpha value is -1.32. The minimum Gasteiger partial charge on any atom is -0.366 e. The van der Waals surface area contributed by atoms with Gasteiger partial charge in [0, 0.05) is 0 Å². The first-order valence-corrected chi connectivity index (χ1v) is 3.55. The second-order valence-electron chi connectivity index (χ2n) is 2.38. The van der Waals surface area contributed by atoms with Crippen LogP contribution in [0.4, 0.5) is 0 Å². The molecule has 0 saturated carbocycles. The van der Waals surface area contributed by atoms with E-state index in [-0.39, 0.29) is 12.5 Å². The summed E-state index contributed by atoms with van der Waals surface area (Å²) in [6.07, 6.45) is 5.59. The summed E-state index contributed by atoms with van der Waals surface area (Å²) in [4.78, 5) is 10.5. The van der Waals surface area contributed by atoms with Crippen molar-refractivity contribution in [3.8, 4) is 0 Å². The van der Waals surface area contributed by atoms with Gasteiger partial charge < -0.3 is 5.73 Å². The molecule has 0 spiro atoms. The van der Waals surface area contributed by atoms with Crippen molar-refractivity contribution in [3.05, 3.63) is 18.7 Å². The topological polar surface area (TPSA) is 51.9 Å². The number of carbonyl (C=O) groups is 1. The second kappa shape index (κ2) is 3.18. The van der Waals surface area contributed by atoms with E-state index >= 15 is 0 Å². The number of rotatable bonds is 3. The van der Waals surface area contributed by atoms with Crippen molar-refractivity contribution in [1.82, 2.24) is 4.57 Å². The molecule has 0 aromatic carbocycles. The summed E-state index contributed by atoms with van der Waals surface area (Å²) < 4.78 is 3.73. The normalized spacial score (nSPS) is 9.91. The van der Waals surface area contributed by atoms with Crippen LogP contribution < -0.4 is 10.3 Å². The molecule has 1 aromatic rings. The third kappa shape index (κ3) is 2.07. The Morgan fingerprint density at radius 1 is 1.73 bits per heavy atom. The van der Waals surface area contributed by atoms with Gasteiger partial charge in [-0.15, -0.1) is 0 Å². The molecule has 0 aliphatic rings. The van der Waals surface area contributed by atoms with Gasteiger partial charge >= 0.3 is 0 Å². The van der Waals surface area contributed by atoms with Crippen molar-refractivity contribution < 1.29 is 9.36 Å². The van der Waals surface area contributed by atoms with E-state index < -0.39 is 0 Å².